The lowest BCUT2D eigenvalue weighted by Gasteiger charge is -2.16. The smallest absolute Gasteiger partial charge is 0.242 e. The highest BCUT2D eigenvalue weighted by Crippen LogP contribution is 2.30. The zero-order chi connectivity index (χ0) is 14.2. The van der Waals surface area contributed by atoms with E-state index in [4.69, 9.17) is 5.26 Å². The SMILES string of the molecule is N#Cc1ccccc1S(=O)(=O)NC1CCN(C2CC2)C1. The predicted octanol–water partition coefficient (Wildman–Crippen LogP) is 1.07. The van der Waals surface area contributed by atoms with Crippen molar-refractivity contribution in [2.75, 3.05) is 13.1 Å². The average molecular weight is 291 g/mol. The maximum absolute atomic E-state index is 12.4. The Morgan fingerprint density at radius 1 is 1.25 bits per heavy atom. The summed E-state index contributed by atoms with van der Waals surface area (Å²) in [7, 11) is -3.61. The molecule has 1 aliphatic carbocycles. The highest BCUT2D eigenvalue weighted by atomic mass is 32.2. The third-order valence-electron chi connectivity index (χ3n) is 3.90. The number of nitriles is 1. The molecule has 0 amide bonds. The van der Waals surface area contributed by atoms with Crippen LogP contribution in [0.2, 0.25) is 0 Å². The molecule has 0 spiro atoms. The summed E-state index contributed by atoms with van der Waals surface area (Å²) in [5.74, 6) is 0. The van der Waals surface area contributed by atoms with Crippen LogP contribution in [0, 0.1) is 11.3 Å². The lowest BCUT2D eigenvalue weighted by Crippen LogP contribution is -2.37. The average Bonchev–Trinajstić information content (AvgIpc) is 3.20. The van der Waals surface area contributed by atoms with Gasteiger partial charge in [0.05, 0.1) is 10.5 Å². The van der Waals surface area contributed by atoms with Crippen LogP contribution < -0.4 is 4.72 Å². The van der Waals surface area contributed by atoms with Gasteiger partial charge in [-0.1, -0.05) is 12.1 Å². The van der Waals surface area contributed by atoms with Gasteiger partial charge in [-0.05, 0) is 31.4 Å². The molecule has 1 atom stereocenters. The van der Waals surface area contributed by atoms with Crippen molar-refractivity contribution in [2.45, 2.75) is 36.2 Å². The fraction of sp³-hybridized carbons (Fsp3) is 0.500. The maximum Gasteiger partial charge on any atom is 0.242 e. The maximum atomic E-state index is 12.4. The first-order chi connectivity index (χ1) is 9.60. The Labute approximate surface area is 119 Å². The third-order valence-corrected chi connectivity index (χ3v) is 5.48. The summed E-state index contributed by atoms with van der Waals surface area (Å²) >= 11 is 0. The van der Waals surface area contributed by atoms with Crippen LogP contribution in [0.25, 0.3) is 0 Å². The molecule has 0 bridgehead atoms. The summed E-state index contributed by atoms with van der Waals surface area (Å²) in [6, 6.07) is 8.86. The Morgan fingerprint density at radius 3 is 2.70 bits per heavy atom. The van der Waals surface area contributed by atoms with Gasteiger partial charge in [-0.3, -0.25) is 4.90 Å². The van der Waals surface area contributed by atoms with E-state index in [1.165, 1.54) is 25.0 Å². The molecular weight excluding hydrogens is 274 g/mol. The second-order valence-electron chi connectivity index (χ2n) is 5.44. The first kappa shape index (κ1) is 13.6. The van der Waals surface area contributed by atoms with Gasteiger partial charge in [-0.25, -0.2) is 13.1 Å². The molecule has 1 saturated heterocycles. The largest absolute Gasteiger partial charge is 0.299 e. The molecule has 20 heavy (non-hydrogen) atoms. The van der Waals surface area contributed by atoms with Crippen molar-refractivity contribution in [3.8, 4) is 6.07 Å². The van der Waals surface area contributed by atoms with Crippen molar-refractivity contribution in [1.29, 1.82) is 5.26 Å². The zero-order valence-corrected chi connectivity index (χ0v) is 11.9. The van der Waals surface area contributed by atoms with Gasteiger partial charge in [-0.2, -0.15) is 5.26 Å². The normalized spacial score (nSPS) is 23.6. The van der Waals surface area contributed by atoms with Crippen molar-refractivity contribution in [1.82, 2.24) is 9.62 Å². The van der Waals surface area contributed by atoms with Gasteiger partial charge in [-0.15, -0.1) is 0 Å². The van der Waals surface area contributed by atoms with E-state index in [2.05, 4.69) is 9.62 Å². The molecule has 1 saturated carbocycles. The first-order valence-corrected chi connectivity index (χ1v) is 8.34. The van der Waals surface area contributed by atoms with E-state index in [1.807, 2.05) is 6.07 Å². The molecule has 3 rings (SSSR count). The number of benzene rings is 1. The van der Waals surface area contributed by atoms with Gasteiger partial charge in [0.1, 0.15) is 6.07 Å². The van der Waals surface area contributed by atoms with Crippen LogP contribution in [0.4, 0.5) is 0 Å². The molecule has 6 heteroatoms. The molecule has 0 aromatic heterocycles. The fourth-order valence-corrected chi connectivity index (χ4v) is 4.15. The van der Waals surface area contributed by atoms with Crippen LogP contribution in [0.1, 0.15) is 24.8 Å². The Kier molecular flexibility index (Phi) is 3.50. The number of nitrogens with one attached hydrogen (secondary N) is 1. The van der Waals surface area contributed by atoms with Crippen LogP contribution >= 0.6 is 0 Å². The second kappa shape index (κ2) is 5.17. The van der Waals surface area contributed by atoms with E-state index in [1.54, 1.807) is 12.1 Å². The van der Waals surface area contributed by atoms with Crippen molar-refractivity contribution < 1.29 is 8.42 Å². The summed E-state index contributed by atoms with van der Waals surface area (Å²) < 4.78 is 27.5. The molecule has 2 fully saturated rings. The van der Waals surface area contributed by atoms with Crippen LogP contribution in [0.5, 0.6) is 0 Å². The Balaban J connectivity index is 1.74. The summed E-state index contributed by atoms with van der Waals surface area (Å²) in [6.07, 6.45) is 3.30. The molecule has 1 aromatic rings. The van der Waals surface area contributed by atoms with Crippen LogP contribution in [0.3, 0.4) is 0 Å². The van der Waals surface area contributed by atoms with Crippen LogP contribution in [0.15, 0.2) is 29.2 Å². The number of hydrogen-bond acceptors (Lipinski definition) is 4. The minimum Gasteiger partial charge on any atom is -0.299 e. The van der Waals surface area contributed by atoms with Gasteiger partial charge in [0.15, 0.2) is 0 Å². The lowest BCUT2D eigenvalue weighted by atomic mass is 10.2. The minimum absolute atomic E-state index is 0.0488. The third kappa shape index (κ3) is 2.70. The molecule has 0 radical (unpaired) electrons. The van der Waals surface area contributed by atoms with Crippen molar-refractivity contribution in [3.63, 3.8) is 0 Å². The van der Waals surface area contributed by atoms with E-state index < -0.39 is 10.0 Å². The molecule has 2 aliphatic rings. The molecule has 1 aliphatic heterocycles. The summed E-state index contributed by atoms with van der Waals surface area (Å²) in [5, 5.41) is 9.02. The Hall–Kier alpha value is -1.42. The predicted molar refractivity (Wildman–Crippen MR) is 74.5 cm³/mol. The summed E-state index contributed by atoms with van der Waals surface area (Å²) in [5.41, 5.74) is 0.192. The minimum atomic E-state index is -3.61. The van der Waals surface area contributed by atoms with Crippen molar-refractivity contribution >= 4 is 10.0 Å². The summed E-state index contributed by atoms with van der Waals surface area (Å²) in [6.45, 7) is 1.73. The quantitative estimate of drug-likeness (QED) is 0.900. The standard InChI is InChI=1S/C14H17N3O2S/c15-9-11-3-1-2-4-14(11)20(18,19)16-12-7-8-17(10-12)13-5-6-13/h1-4,12-13,16H,5-8,10H2. The molecule has 1 unspecified atom stereocenters. The topological polar surface area (TPSA) is 73.2 Å². The number of hydrogen-bond donors (Lipinski definition) is 1. The van der Waals surface area contributed by atoms with Crippen LogP contribution in [-0.4, -0.2) is 38.5 Å². The van der Waals surface area contributed by atoms with Crippen LogP contribution in [-0.2, 0) is 10.0 Å². The van der Waals surface area contributed by atoms with E-state index in [9.17, 15) is 8.42 Å². The molecule has 1 N–H and O–H groups in total. The molecular formula is C14H17N3O2S. The highest BCUT2D eigenvalue weighted by Gasteiger charge is 2.36. The van der Waals surface area contributed by atoms with E-state index >= 15 is 0 Å². The molecule has 1 aromatic carbocycles. The number of rotatable bonds is 4. The van der Waals surface area contributed by atoms with Gasteiger partial charge in [0.25, 0.3) is 0 Å². The van der Waals surface area contributed by atoms with Crippen molar-refractivity contribution in [2.24, 2.45) is 0 Å². The first-order valence-electron chi connectivity index (χ1n) is 6.85. The lowest BCUT2D eigenvalue weighted by molar-refractivity contribution is 0.322. The number of likely N-dealkylation sites (tertiary alicyclic amines) is 1. The zero-order valence-electron chi connectivity index (χ0n) is 11.1. The van der Waals surface area contributed by atoms with Gasteiger partial charge in [0.2, 0.25) is 10.0 Å². The molecule has 1 heterocycles. The fourth-order valence-electron chi connectivity index (χ4n) is 2.73. The number of sulfonamides is 1. The molecule has 106 valence electrons. The molecule has 5 nitrogen and oxygen atoms in total. The highest BCUT2D eigenvalue weighted by molar-refractivity contribution is 7.89. The number of nitrogens with zero attached hydrogens (tertiary/aromatic N) is 2. The van der Waals surface area contributed by atoms with E-state index in [-0.39, 0.29) is 16.5 Å². The van der Waals surface area contributed by atoms with Gasteiger partial charge >= 0.3 is 0 Å². The monoisotopic (exact) mass is 291 g/mol. The van der Waals surface area contributed by atoms with E-state index in [0.29, 0.717) is 6.04 Å². The van der Waals surface area contributed by atoms with Crippen molar-refractivity contribution in [3.05, 3.63) is 29.8 Å². The second-order valence-corrected chi connectivity index (χ2v) is 7.12. The Bertz CT molecular complexity index is 647. The van der Waals surface area contributed by atoms with Gasteiger partial charge in [0, 0.05) is 25.2 Å². The van der Waals surface area contributed by atoms with E-state index in [0.717, 1.165) is 19.5 Å². The summed E-state index contributed by atoms with van der Waals surface area (Å²) in [4.78, 5) is 2.43. The Morgan fingerprint density at radius 2 is 2.00 bits per heavy atom. The van der Waals surface area contributed by atoms with Gasteiger partial charge < -0.3 is 0 Å².